The third kappa shape index (κ3) is 2.68. The molecule has 1 unspecified atom stereocenters. The smallest absolute Gasteiger partial charge is 0.328 e. The number of H-pyrrole nitrogens is 1. The van der Waals surface area contributed by atoms with Crippen LogP contribution in [-0.2, 0) is 6.54 Å². The molecule has 2 aromatic rings. The molecule has 1 amide bonds. The Balaban J connectivity index is 2.05. The Labute approximate surface area is 132 Å². The second-order valence-corrected chi connectivity index (χ2v) is 5.79. The first-order valence-corrected chi connectivity index (χ1v) is 7.81. The molecule has 0 saturated carbocycles. The van der Waals surface area contributed by atoms with E-state index < -0.39 is 5.69 Å². The summed E-state index contributed by atoms with van der Waals surface area (Å²) in [6, 6.07) is 4.97. The molecule has 1 aliphatic rings. The van der Waals surface area contributed by atoms with Crippen LogP contribution in [0.2, 0.25) is 0 Å². The van der Waals surface area contributed by atoms with Crippen molar-refractivity contribution in [1.82, 2.24) is 19.8 Å². The summed E-state index contributed by atoms with van der Waals surface area (Å²) in [6.07, 6.45) is 0. The van der Waals surface area contributed by atoms with Crippen LogP contribution in [0.3, 0.4) is 0 Å². The average Bonchev–Trinajstić information content (AvgIpc) is 2.54. The summed E-state index contributed by atoms with van der Waals surface area (Å²) in [5, 5.41) is 3.66. The SMILES string of the molecule is CCn1c(=O)[nH]c2cc(C(=O)N3CCNCC3C)ccc2c1=O. The van der Waals surface area contributed by atoms with Crippen molar-refractivity contribution < 1.29 is 4.79 Å². The Bertz CT molecular complexity index is 868. The van der Waals surface area contributed by atoms with Gasteiger partial charge in [-0.1, -0.05) is 0 Å². The standard InChI is InChI=1S/C16H20N4O3/c1-3-19-15(22)12-5-4-11(8-13(12)18-16(19)23)14(21)20-7-6-17-9-10(20)2/h4-5,8,10,17H,3,6-7,9H2,1-2H3,(H,18,23). The molecule has 0 aliphatic carbocycles. The number of carbonyl (C=O) groups excluding carboxylic acids is 1. The van der Waals surface area contributed by atoms with Gasteiger partial charge in [0, 0.05) is 37.8 Å². The van der Waals surface area contributed by atoms with Gasteiger partial charge in [-0.3, -0.25) is 14.2 Å². The van der Waals surface area contributed by atoms with Gasteiger partial charge >= 0.3 is 5.69 Å². The zero-order valence-corrected chi connectivity index (χ0v) is 13.3. The lowest BCUT2D eigenvalue weighted by atomic mass is 10.1. The number of nitrogens with zero attached hydrogens (tertiary/aromatic N) is 2. The average molecular weight is 316 g/mol. The molecular formula is C16H20N4O3. The van der Waals surface area contributed by atoms with Crippen LogP contribution in [0.5, 0.6) is 0 Å². The molecule has 0 bridgehead atoms. The highest BCUT2D eigenvalue weighted by atomic mass is 16.2. The third-order valence-electron chi connectivity index (χ3n) is 4.31. The Morgan fingerprint density at radius 1 is 1.35 bits per heavy atom. The van der Waals surface area contributed by atoms with Crippen LogP contribution < -0.4 is 16.6 Å². The number of hydrogen-bond acceptors (Lipinski definition) is 4. The van der Waals surface area contributed by atoms with Gasteiger partial charge in [0.25, 0.3) is 11.5 Å². The summed E-state index contributed by atoms with van der Waals surface area (Å²) in [4.78, 5) is 41.3. The Kier molecular flexibility index (Phi) is 4.04. The predicted molar refractivity (Wildman–Crippen MR) is 87.9 cm³/mol. The van der Waals surface area contributed by atoms with E-state index >= 15 is 0 Å². The maximum atomic E-state index is 12.7. The first-order valence-electron chi connectivity index (χ1n) is 7.81. The van der Waals surface area contributed by atoms with Gasteiger partial charge in [0.15, 0.2) is 0 Å². The molecule has 1 atom stereocenters. The number of nitrogens with one attached hydrogen (secondary N) is 2. The van der Waals surface area contributed by atoms with Crippen LogP contribution >= 0.6 is 0 Å². The van der Waals surface area contributed by atoms with Crippen molar-refractivity contribution in [2.24, 2.45) is 0 Å². The number of hydrogen-bond donors (Lipinski definition) is 2. The van der Waals surface area contributed by atoms with Gasteiger partial charge in [-0.25, -0.2) is 4.79 Å². The van der Waals surface area contributed by atoms with Crippen molar-refractivity contribution in [2.45, 2.75) is 26.4 Å². The van der Waals surface area contributed by atoms with Gasteiger partial charge < -0.3 is 15.2 Å². The lowest BCUT2D eigenvalue weighted by Crippen LogP contribution is -2.52. The molecule has 1 aromatic carbocycles. The van der Waals surface area contributed by atoms with Gasteiger partial charge in [0.2, 0.25) is 0 Å². The van der Waals surface area contributed by atoms with E-state index in [0.29, 0.717) is 29.6 Å². The van der Waals surface area contributed by atoms with Crippen molar-refractivity contribution in [3.63, 3.8) is 0 Å². The summed E-state index contributed by atoms with van der Waals surface area (Å²) in [5.41, 5.74) is 0.0971. The highest BCUT2D eigenvalue weighted by Crippen LogP contribution is 2.14. The quantitative estimate of drug-likeness (QED) is 0.825. The van der Waals surface area contributed by atoms with Crippen LogP contribution in [-0.4, -0.2) is 46.0 Å². The summed E-state index contributed by atoms with van der Waals surface area (Å²) in [5.74, 6) is -0.0820. The van der Waals surface area contributed by atoms with E-state index in [1.165, 1.54) is 0 Å². The van der Waals surface area contributed by atoms with Gasteiger partial charge in [0.05, 0.1) is 10.9 Å². The van der Waals surface area contributed by atoms with Crippen molar-refractivity contribution in [1.29, 1.82) is 0 Å². The van der Waals surface area contributed by atoms with E-state index in [2.05, 4.69) is 10.3 Å². The van der Waals surface area contributed by atoms with E-state index in [9.17, 15) is 14.4 Å². The summed E-state index contributed by atoms with van der Waals surface area (Å²) in [7, 11) is 0. The molecule has 0 spiro atoms. The van der Waals surface area contributed by atoms with E-state index in [0.717, 1.165) is 17.7 Å². The fourth-order valence-corrected chi connectivity index (χ4v) is 2.98. The number of fused-ring (bicyclic) bond motifs is 1. The maximum Gasteiger partial charge on any atom is 0.328 e. The van der Waals surface area contributed by atoms with Gasteiger partial charge in [0.1, 0.15) is 0 Å². The summed E-state index contributed by atoms with van der Waals surface area (Å²) >= 11 is 0. The van der Waals surface area contributed by atoms with E-state index in [1.807, 2.05) is 11.8 Å². The van der Waals surface area contributed by atoms with E-state index in [1.54, 1.807) is 25.1 Å². The first kappa shape index (κ1) is 15.5. The van der Waals surface area contributed by atoms with Crippen LogP contribution in [0.1, 0.15) is 24.2 Å². The molecule has 3 rings (SSSR count). The fourth-order valence-electron chi connectivity index (χ4n) is 2.98. The third-order valence-corrected chi connectivity index (χ3v) is 4.31. The zero-order chi connectivity index (χ0) is 16.6. The number of aromatic amines is 1. The molecular weight excluding hydrogens is 296 g/mol. The summed E-state index contributed by atoms with van der Waals surface area (Å²) in [6.45, 7) is 6.22. The lowest BCUT2D eigenvalue weighted by molar-refractivity contribution is 0.0656. The number of benzene rings is 1. The van der Waals surface area contributed by atoms with E-state index in [-0.39, 0.29) is 17.5 Å². The topological polar surface area (TPSA) is 87.2 Å². The Morgan fingerprint density at radius 3 is 2.83 bits per heavy atom. The molecule has 2 heterocycles. The largest absolute Gasteiger partial charge is 0.333 e. The second kappa shape index (κ2) is 6.00. The number of aromatic nitrogens is 2. The van der Waals surface area contributed by atoms with Gasteiger partial charge in [-0.15, -0.1) is 0 Å². The number of rotatable bonds is 2. The van der Waals surface area contributed by atoms with Crippen molar-refractivity contribution in [3.05, 3.63) is 44.6 Å². The van der Waals surface area contributed by atoms with E-state index in [4.69, 9.17) is 0 Å². The normalized spacial score (nSPS) is 18.3. The monoisotopic (exact) mass is 316 g/mol. The minimum absolute atomic E-state index is 0.0820. The number of carbonyl (C=O) groups is 1. The molecule has 1 aromatic heterocycles. The predicted octanol–water partition coefficient (Wildman–Crippen LogP) is 0.144. The molecule has 122 valence electrons. The minimum atomic E-state index is -0.454. The van der Waals surface area contributed by atoms with Gasteiger partial charge in [-0.05, 0) is 32.0 Å². The van der Waals surface area contributed by atoms with Crippen molar-refractivity contribution in [2.75, 3.05) is 19.6 Å². The maximum absolute atomic E-state index is 12.7. The first-order chi connectivity index (χ1) is 11.0. The lowest BCUT2D eigenvalue weighted by Gasteiger charge is -2.34. The van der Waals surface area contributed by atoms with Crippen LogP contribution in [0, 0.1) is 0 Å². The highest BCUT2D eigenvalue weighted by molar-refractivity contribution is 5.97. The van der Waals surface area contributed by atoms with Crippen molar-refractivity contribution >= 4 is 16.8 Å². The van der Waals surface area contributed by atoms with Gasteiger partial charge in [-0.2, -0.15) is 0 Å². The summed E-state index contributed by atoms with van der Waals surface area (Å²) < 4.78 is 1.14. The highest BCUT2D eigenvalue weighted by Gasteiger charge is 2.24. The van der Waals surface area contributed by atoms with Crippen molar-refractivity contribution in [3.8, 4) is 0 Å². The van der Waals surface area contributed by atoms with Crippen LogP contribution in [0.15, 0.2) is 27.8 Å². The molecule has 1 aliphatic heterocycles. The zero-order valence-electron chi connectivity index (χ0n) is 13.3. The number of piperazine rings is 1. The van der Waals surface area contributed by atoms with Crippen LogP contribution in [0.25, 0.3) is 10.9 Å². The Hall–Kier alpha value is -2.41. The molecule has 7 nitrogen and oxygen atoms in total. The second-order valence-electron chi connectivity index (χ2n) is 5.79. The molecule has 0 radical (unpaired) electrons. The molecule has 23 heavy (non-hydrogen) atoms. The molecule has 2 N–H and O–H groups in total. The Morgan fingerprint density at radius 2 is 2.13 bits per heavy atom. The minimum Gasteiger partial charge on any atom is -0.333 e. The molecule has 1 fully saturated rings. The fraction of sp³-hybridized carbons (Fsp3) is 0.438. The molecule has 7 heteroatoms. The number of amides is 1. The van der Waals surface area contributed by atoms with Crippen LogP contribution in [0.4, 0.5) is 0 Å². The molecule has 1 saturated heterocycles.